The first-order valence-electron chi connectivity index (χ1n) is 8.16. The molecular formula is C21H21NO4. The van der Waals surface area contributed by atoms with Gasteiger partial charge in [0.25, 0.3) is 5.91 Å². The SMILES string of the molecule is C=CCOc1ccc(/C=C/C(=O)OCC(=O)NCc2ccccc2)cc1. The van der Waals surface area contributed by atoms with E-state index in [1.807, 2.05) is 42.5 Å². The minimum absolute atomic E-state index is 0.315. The number of nitrogens with one attached hydrogen (secondary N) is 1. The molecule has 0 radical (unpaired) electrons. The maximum absolute atomic E-state index is 11.7. The lowest BCUT2D eigenvalue weighted by molar-refractivity contribution is -0.143. The fraction of sp³-hybridized carbons (Fsp3) is 0.143. The van der Waals surface area contributed by atoms with Crippen LogP contribution in [0.15, 0.2) is 73.3 Å². The lowest BCUT2D eigenvalue weighted by Gasteiger charge is -2.05. The lowest BCUT2D eigenvalue weighted by atomic mass is 10.2. The van der Waals surface area contributed by atoms with Crippen molar-refractivity contribution in [2.75, 3.05) is 13.2 Å². The van der Waals surface area contributed by atoms with Gasteiger partial charge in [0, 0.05) is 12.6 Å². The highest BCUT2D eigenvalue weighted by Gasteiger charge is 2.04. The second kappa shape index (κ2) is 10.5. The Morgan fingerprint density at radius 3 is 2.46 bits per heavy atom. The van der Waals surface area contributed by atoms with Gasteiger partial charge in [-0.1, -0.05) is 55.1 Å². The second-order valence-electron chi connectivity index (χ2n) is 5.37. The Morgan fingerprint density at radius 2 is 1.77 bits per heavy atom. The summed E-state index contributed by atoms with van der Waals surface area (Å²) in [5.74, 6) is -0.203. The number of amides is 1. The Hall–Kier alpha value is -3.34. The third kappa shape index (κ3) is 7.05. The number of benzene rings is 2. The van der Waals surface area contributed by atoms with Crippen molar-refractivity contribution in [3.8, 4) is 5.75 Å². The van der Waals surface area contributed by atoms with E-state index in [1.165, 1.54) is 6.08 Å². The molecular weight excluding hydrogens is 330 g/mol. The summed E-state index contributed by atoms with van der Waals surface area (Å²) >= 11 is 0. The molecule has 26 heavy (non-hydrogen) atoms. The normalized spacial score (nSPS) is 10.3. The molecule has 5 nitrogen and oxygen atoms in total. The molecule has 2 aromatic rings. The van der Waals surface area contributed by atoms with Crippen molar-refractivity contribution in [3.63, 3.8) is 0 Å². The van der Waals surface area contributed by atoms with Gasteiger partial charge in [-0.05, 0) is 29.3 Å². The zero-order valence-corrected chi connectivity index (χ0v) is 14.4. The first kappa shape index (κ1) is 19.0. The molecule has 0 aliphatic rings. The van der Waals surface area contributed by atoms with Crippen molar-refractivity contribution < 1.29 is 19.1 Å². The van der Waals surface area contributed by atoms with Crippen LogP contribution in [0.4, 0.5) is 0 Å². The van der Waals surface area contributed by atoms with Gasteiger partial charge in [-0.25, -0.2) is 4.79 Å². The van der Waals surface area contributed by atoms with Crippen molar-refractivity contribution in [2.45, 2.75) is 6.54 Å². The maximum atomic E-state index is 11.7. The van der Waals surface area contributed by atoms with Crippen molar-refractivity contribution in [2.24, 2.45) is 0 Å². The molecule has 134 valence electrons. The third-order valence-electron chi connectivity index (χ3n) is 3.34. The van der Waals surface area contributed by atoms with Crippen molar-refractivity contribution in [1.29, 1.82) is 0 Å². The van der Waals surface area contributed by atoms with E-state index in [9.17, 15) is 9.59 Å². The van der Waals surface area contributed by atoms with Gasteiger partial charge >= 0.3 is 5.97 Å². The standard InChI is InChI=1S/C21H21NO4/c1-2-14-25-19-11-8-17(9-12-19)10-13-21(24)26-16-20(23)22-15-18-6-4-3-5-7-18/h2-13H,1,14-16H2,(H,22,23)/b13-10+. The summed E-state index contributed by atoms with van der Waals surface area (Å²) in [5, 5.41) is 2.69. The topological polar surface area (TPSA) is 64.6 Å². The molecule has 0 heterocycles. The Morgan fingerprint density at radius 1 is 1.04 bits per heavy atom. The molecule has 0 aromatic heterocycles. The third-order valence-corrected chi connectivity index (χ3v) is 3.34. The van der Waals surface area contributed by atoms with Gasteiger partial charge in [0.15, 0.2) is 6.61 Å². The van der Waals surface area contributed by atoms with Gasteiger partial charge in [0.1, 0.15) is 12.4 Å². The van der Waals surface area contributed by atoms with Gasteiger partial charge in [0.2, 0.25) is 0 Å². The monoisotopic (exact) mass is 351 g/mol. The molecule has 0 spiro atoms. The van der Waals surface area contributed by atoms with Gasteiger partial charge in [-0.15, -0.1) is 0 Å². The zero-order valence-electron chi connectivity index (χ0n) is 14.4. The largest absolute Gasteiger partial charge is 0.490 e. The number of hydrogen-bond acceptors (Lipinski definition) is 4. The van der Waals surface area contributed by atoms with Crippen LogP contribution < -0.4 is 10.1 Å². The van der Waals surface area contributed by atoms with E-state index >= 15 is 0 Å². The lowest BCUT2D eigenvalue weighted by Crippen LogP contribution is -2.28. The fourth-order valence-corrected chi connectivity index (χ4v) is 2.03. The Balaban J connectivity index is 1.71. The fourth-order valence-electron chi connectivity index (χ4n) is 2.03. The first-order chi connectivity index (χ1) is 12.7. The molecule has 1 N–H and O–H groups in total. The van der Waals surface area contributed by atoms with E-state index in [2.05, 4.69) is 11.9 Å². The molecule has 2 rings (SSSR count). The van der Waals surface area contributed by atoms with E-state index in [-0.39, 0.29) is 12.5 Å². The number of carbonyl (C=O) groups is 2. The molecule has 0 bridgehead atoms. The van der Waals surface area contributed by atoms with Crippen LogP contribution in [0.3, 0.4) is 0 Å². The summed E-state index contributed by atoms with van der Waals surface area (Å²) in [6, 6.07) is 16.7. The molecule has 2 aromatic carbocycles. The van der Waals surface area contributed by atoms with E-state index < -0.39 is 5.97 Å². The van der Waals surface area contributed by atoms with Crippen molar-refractivity contribution in [3.05, 3.63) is 84.5 Å². The molecule has 0 unspecified atom stereocenters. The summed E-state index contributed by atoms with van der Waals surface area (Å²) in [6.07, 6.45) is 4.56. The van der Waals surface area contributed by atoms with Gasteiger partial charge in [-0.2, -0.15) is 0 Å². The highest BCUT2D eigenvalue weighted by Crippen LogP contribution is 2.13. The number of carbonyl (C=O) groups excluding carboxylic acids is 2. The van der Waals surface area contributed by atoms with Crippen LogP contribution in [0.1, 0.15) is 11.1 Å². The number of hydrogen-bond donors (Lipinski definition) is 1. The number of esters is 1. The number of rotatable bonds is 9. The maximum Gasteiger partial charge on any atom is 0.331 e. The van der Waals surface area contributed by atoms with Crippen LogP contribution in [0.5, 0.6) is 5.75 Å². The number of ether oxygens (including phenoxy) is 2. The Labute approximate surface area is 152 Å². The summed E-state index contributed by atoms with van der Waals surface area (Å²) in [7, 11) is 0. The van der Waals surface area contributed by atoms with Crippen LogP contribution in [-0.2, 0) is 20.9 Å². The summed E-state index contributed by atoms with van der Waals surface area (Å²) in [5.41, 5.74) is 1.80. The van der Waals surface area contributed by atoms with Crippen LogP contribution in [0.25, 0.3) is 6.08 Å². The highest BCUT2D eigenvalue weighted by molar-refractivity contribution is 5.89. The summed E-state index contributed by atoms with van der Waals surface area (Å²) < 4.78 is 10.3. The molecule has 0 aliphatic carbocycles. The van der Waals surface area contributed by atoms with Crippen LogP contribution in [0, 0.1) is 0 Å². The highest BCUT2D eigenvalue weighted by atomic mass is 16.5. The molecule has 0 aliphatic heterocycles. The van der Waals surface area contributed by atoms with Crippen LogP contribution in [0.2, 0.25) is 0 Å². The van der Waals surface area contributed by atoms with E-state index in [4.69, 9.17) is 9.47 Å². The predicted octanol–water partition coefficient (Wildman–Crippen LogP) is 3.12. The summed E-state index contributed by atoms with van der Waals surface area (Å²) in [4.78, 5) is 23.4. The quantitative estimate of drug-likeness (QED) is 0.428. The first-order valence-corrected chi connectivity index (χ1v) is 8.16. The predicted molar refractivity (Wildman–Crippen MR) is 100 cm³/mol. The molecule has 0 fully saturated rings. The van der Waals surface area contributed by atoms with Crippen molar-refractivity contribution in [1.82, 2.24) is 5.32 Å². The summed E-state index contributed by atoms with van der Waals surface area (Å²) in [6.45, 7) is 4.10. The van der Waals surface area contributed by atoms with E-state index in [0.29, 0.717) is 13.2 Å². The molecule has 0 atom stereocenters. The second-order valence-corrected chi connectivity index (χ2v) is 5.37. The average Bonchev–Trinajstić information content (AvgIpc) is 2.69. The smallest absolute Gasteiger partial charge is 0.331 e. The Bertz CT molecular complexity index is 751. The van der Waals surface area contributed by atoms with E-state index in [0.717, 1.165) is 16.9 Å². The average molecular weight is 351 g/mol. The van der Waals surface area contributed by atoms with Crippen molar-refractivity contribution >= 4 is 18.0 Å². The zero-order chi connectivity index (χ0) is 18.6. The minimum atomic E-state index is -0.577. The van der Waals surface area contributed by atoms with Gasteiger partial charge < -0.3 is 14.8 Å². The van der Waals surface area contributed by atoms with Crippen LogP contribution in [-0.4, -0.2) is 25.1 Å². The molecule has 0 saturated heterocycles. The van der Waals surface area contributed by atoms with Crippen LogP contribution >= 0.6 is 0 Å². The molecule has 5 heteroatoms. The van der Waals surface area contributed by atoms with Gasteiger partial charge in [0.05, 0.1) is 0 Å². The molecule has 1 amide bonds. The Kier molecular flexibility index (Phi) is 7.68. The van der Waals surface area contributed by atoms with Gasteiger partial charge in [-0.3, -0.25) is 4.79 Å². The molecule has 0 saturated carbocycles. The minimum Gasteiger partial charge on any atom is -0.490 e. The van der Waals surface area contributed by atoms with E-state index in [1.54, 1.807) is 24.3 Å².